The molecule has 9 nitrogen and oxygen atoms in total. The van der Waals surface area contributed by atoms with Gasteiger partial charge in [0.15, 0.2) is 11.5 Å². The van der Waals surface area contributed by atoms with Crippen LogP contribution in [-0.2, 0) is 6.54 Å². The molecule has 0 aliphatic carbocycles. The fraction of sp³-hybridized carbons (Fsp3) is 0.318. The lowest BCUT2D eigenvalue weighted by Gasteiger charge is -2.25. The van der Waals surface area contributed by atoms with Crippen molar-refractivity contribution in [3.63, 3.8) is 0 Å². The number of hydrogen-bond acceptors (Lipinski definition) is 7. The number of benzene rings is 2. The van der Waals surface area contributed by atoms with E-state index in [-0.39, 0.29) is 18.6 Å². The Balaban J connectivity index is 1.77. The fourth-order valence-electron chi connectivity index (χ4n) is 2.98. The first-order valence-corrected chi connectivity index (χ1v) is 9.72. The highest BCUT2D eigenvalue weighted by Crippen LogP contribution is 2.31. The van der Waals surface area contributed by atoms with Crippen LogP contribution in [0.3, 0.4) is 0 Å². The molecule has 0 aliphatic heterocycles. The molecule has 0 saturated heterocycles. The van der Waals surface area contributed by atoms with Crippen molar-refractivity contribution in [1.82, 2.24) is 15.0 Å². The topological polar surface area (TPSA) is 99.0 Å². The molecule has 0 radical (unpaired) electrons. The number of carbonyl (C=O) groups is 1. The molecule has 3 aromatic rings. The molecule has 1 N–H and O–H groups in total. The number of nitrogens with one attached hydrogen (secondary N) is 1. The van der Waals surface area contributed by atoms with E-state index in [4.69, 9.17) is 18.7 Å². The molecule has 1 aromatic heterocycles. The van der Waals surface area contributed by atoms with Crippen molar-refractivity contribution < 1.29 is 23.5 Å². The smallest absolute Gasteiger partial charge is 0.322 e. The number of methoxy groups -OCH3 is 3. The standard InChI is InChI=1S/C22H26N4O5/c1-14(2)26(22(27)23-16-8-6-7-9-17(16)28-3)13-20-24-21(25-31-20)15-10-11-18(29-4)19(12-15)30-5/h6-12,14H,13H2,1-5H3,(H,23,27). The SMILES string of the molecule is COc1ccccc1NC(=O)N(Cc1nc(-c2ccc(OC)c(OC)c2)no1)C(C)C. The fourth-order valence-corrected chi connectivity index (χ4v) is 2.98. The van der Waals surface area contributed by atoms with Crippen molar-refractivity contribution in [2.24, 2.45) is 0 Å². The van der Waals surface area contributed by atoms with Crippen LogP contribution in [0.4, 0.5) is 10.5 Å². The molecular formula is C22H26N4O5. The largest absolute Gasteiger partial charge is 0.495 e. The van der Waals surface area contributed by atoms with Crippen LogP contribution in [-0.4, -0.2) is 48.4 Å². The van der Waals surface area contributed by atoms with Gasteiger partial charge in [-0.2, -0.15) is 4.98 Å². The summed E-state index contributed by atoms with van der Waals surface area (Å²) in [6, 6.07) is 12.2. The zero-order valence-electron chi connectivity index (χ0n) is 18.2. The van der Waals surface area contributed by atoms with Gasteiger partial charge >= 0.3 is 6.03 Å². The van der Waals surface area contributed by atoms with Gasteiger partial charge in [0.1, 0.15) is 12.3 Å². The number of rotatable bonds is 8. The van der Waals surface area contributed by atoms with Gasteiger partial charge in [-0.15, -0.1) is 0 Å². The Labute approximate surface area is 180 Å². The summed E-state index contributed by atoms with van der Waals surface area (Å²) >= 11 is 0. The van der Waals surface area contributed by atoms with Crippen molar-refractivity contribution >= 4 is 11.7 Å². The summed E-state index contributed by atoms with van der Waals surface area (Å²) in [5.41, 5.74) is 1.29. The molecule has 0 fully saturated rings. The maximum absolute atomic E-state index is 12.9. The molecule has 0 saturated carbocycles. The minimum Gasteiger partial charge on any atom is -0.495 e. The summed E-state index contributed by atoms with van der Waals surface area (Å²) in [5.74, 6) is 2.45. The van der Waals surface area contributed by atoms with E-state index in [1.807, 2.05) is 32.0 Å². The summed E-state index contributed by atoms with van der Waals surface area (Å²) in [7, 11) is 4.68. The monoisotopic (exact) mass is 426 g/mol. The minimum atomic E-state index is -0.301. The molecule has 31 heavy (non-hydrogen) atoms. The van der Waals surface area contributed by atoms with Crippen LogP contribution in [0.1, 0.15) is 19.7 Å². The van der Waals surface area contributed by atoms with E-state index in [0.717, 1.165) is 0 Å². The van der Waals surface area contributed by atoms with Crippen molar-refractivity contribution in [1.29, 1.82) is 0 Å². The molecule has 9 heteroatoms. The third-order valence-corrected chi connectivity index (χ3v) is 4.65. The lowest BCUT2D eigenvalue weighted by molar-refractivity contribution is 0.182. The number of carbonyl (C=O) groups excluding carboxylic acids is 1. The summed E-state index contributed by atoms with van der Waals surface area (Å²) in [6.45, 7) is 3.97. The number of anilines is 1. The summed E-state index contributed by atoms with van der Waals surface area (Å²) < 4.78 is 21.3. The van der Waals surface area contributed by atoms with Gasteiger partial charge in [-0.25, -0.2) is 4.79 Å². The van der Waals surface area contributed by atoms with E-state index in [2.05, 4.69) is 15.5 Å². The van der Waals surface area contributed by atoms with Gasteiger partial charge in [-0.05, 0) is 44.2 Å². The lowest BCUT2D eigenvalue weighted by atomic mass is 10.2. The van der Waals surface area contributed by atoms with Crippen LogP contribution < -0.4 is 19.5 Å². The Morgan fingerprint density at radius 1 is 1.03 bits per heavy atom. The van der Waals surface area contributed by atoms with Crippen LogP contribution in [0.15, 0.2) is 47.0 Å². The maximum atomic E-state index is 12.9. The molecular weight excluding hydrogens is 400 g/mol. The molecule has 0 unspecified atom stereocenters. The van der Waals surface area contributed by atoms with Crippen LogP contribution in [0.2, 0.25) is 0 Å². The highest BCUT2D eigenvalue weighted by Gasteiger charge is 2.22. The Kier molecular flexibility index (Phi) is 6.96. The maximum Gasteiger partial charge on any atom is 0.322 e. The first kappa shape index (κ1) is 21.9. The van der Waals surface area contributed by atoms with E-state index in [0.29, 0.717) is 40.2 Å². The predicted octanol–water partition coefficient (Wildman–Crippen LogP) is 4.20. The van der Waals surface area contributed by atoms with Gasteiger partial charge in [-0.1, -0.05) is 17.3 Å². The number of aromatic nitrogens is 2. The second-order valence-corrected chi connectivity index (χ2v) is 6.93. The molecule has 1 heterocycles. The summed E-state index contributed by atoms with van der Waals surface area (Å²) in [5, 5.41) is 6.91. The van der Waals surface area contributed by atoms with E-state index in [1.165, 1.54) is 0 Å². The van der Waals surface area contributed by atoms with E-state index in [1.54, 1.807) is 50.5 Å². The van der Waals surface area contributed by atoms with E-state index in [9.17, 15) is 4.79 Å². The molecule has 0 spiro atoms. The van der Waals surface area contributed by atoms with Crippen molar-refractivity contribution in [2.75, 3.05) is 26.6 Å². The molecule has 2 aromatic carbocycles. The Hall–Kier alpha value is -3.75. The number of para-hydroxylation sites is 2. The number of amides is 2. The second kappa shape index (κ2) is 9.84. The molecule has 0 atom stereocenters. The quantitative estimate of drug-likeness (QED) is 0.576. The van der Waals surface area contributed by atoms with Crippen LogP contribution in [0, 0.1) is 0 Å². The zero-order chi connectivity index (χ0) is 22.4. The molecule has 0 bridgehead atoms. The molecule has 0 aliphatic rings. The second-order valence-electron chi connectivity index (χ2n) is 6.93. The number of ether oxygens (including phenoxy) is 3. The summed E-state index contributed by atoms with van der Waals surface area (Å²) in [6.07, 6.45) is 0. The van der Waals surface area contributed by atoms with Gasteiger partial charge < -0.3 is 29.0 Å². The predicted molar refractivity (Wildman–Crippen MR) is 116 cm³/mol. The lowest BCUT2D eigenvalue weighted by Crippen LogP contribution is -2.39. The number of nitrogens with zero attached hydrogens (tertiary/aromatic N) is 3. The first-order valence-electron chi connectivity index (χ1n) is 9.72. The third kappa shape index (κ3) is 5.06. The Bertz CT molecular complexity index is 1030. The highest BCUT2D eigenvalue weighted by molar-refractivity contribution is 5.91. The van der Waals surface area contributed by atoms with Crippen LogP contribution >= 0.6 is 0 Å². The van der Waals surface area contributed by atoms with Gasteiger partial charge in [0, 0.05) is 11.6 Å². The minimum absolute atomic E-state index is 0.105. The van der Waals surface area contributed by atoms with E-state index < -0.39 is 0 Å². The number of hydrogen-bond donors (Lipinski definition) is 1. The third-order valence-electron chi connectivity index (χ3n) is 4.65. The molecule has 3 rings (SSSR count). The van der Waals surface area contributed by atoms with Gasteiger partial charge in [0.05, 0.1) is 27.0 Å². The molecule has 164 valence electrons. The number of urea groups is 1. The average Bonchev–Trinajstić information content (AvgIpc) is 3.25. The van der Waals surface area contributed by atoms with Gasteiger partial charge in [-0.3, -0.25) is 0 Å². The van der Waals surface area contributed by atoms with Gasteiger partial charge in [0.25, 0.3) is 0 Å². The Morgan fingerprint density at radius 2 is 1.74 bits per heavy atom. The normalized spacial score (nSPS) is 10.6. The van der Waals surface area contributed by atoms with Crippen LogP contribution in [0.5, 0.6) is 17.2 Å². The molecule has 2 amide bonds. The van der Waals surface area contributed by atoms with Crippen molar-refractivity contribution in [2.45, 2.75) is 26.4 Å². The zero-order valence-corrected chi connectivity index (χ0v) is 18.2. The summed E-state index contributed by atoms with van der Waals surface area (Å²) in [4.78, 5) is 18.9. The van der Waals surface area contributed by atoms with Crippen molar-refractivity contribution in [3.8, 4) is 28.6 Å². The van der Waals surface area contributed by atoms with E-state index >= 15 is 0 Å². The van der Waals surface area contributed by atoms with Gasteiger partial charge in [0.2, 0.25) is 11.7 Å². The highest BCUT2D eigenvalue weighted by atomic mass is 16.5. The van der Waals surface area contributed by atoms with Crippen LogP contribution in [0.25, 0.3) is 11.4 Å². The average molecular weight is 426 g/mol. The first-order chi connectivity index (χ1) is 15.0. The Morgan fingerprint density at radius 3 is 2.42 bits per heavy atom. The van der Waals surface area contributed by atoms with Crippen molar-refractivity contribution in [3.05, 3.63) is 48.4 Å².